The van der Waals surface area contributed by atoms with Gasteiger partial charge in [-0.1, -0.05) is 25.6 Å². The Balaban J connectivity index is 1.49. The molecule has 2 aromatic rings. The fourth-order valence-corrected chi connectivity index (χ4v) is 8.30. The van der Waals surface area contributed by atoms with Crippen LogP contribution in [0.1, 0.15) is 45.8 Å². The number of unbranched alkanes of at least 4 members (excludes halogenated alkanes) is 1. The predicted molar refractivity (Wildman–Crippen MR) is 188 cm³/mol. The van der Waals surface area contributed by atoms with E-state index in [1.165, 1.54) is 13.8 Å². The molecule has 0 saturated carbocycles. The number of imidazole rings is 1. The quantitative estimate of drug-likeness (QED) is 0.0464. The second-order valence-corrected chi connectivity index (χ2v) is 17.9. The molecule has 0 aromatic carbocycles. The van der Waals surface area contributed by atoms with Gasteiger partial charge in [0.1, 0.15) is 36.3 Å². The normalized spacial score (nSPS) is 21.8. The Morgan fingerprint density at radius 2 is 1.73 bits per heavy atom. The van der Waals surface area contributed by atoms with Gasteiger partial charge in [0, 0.05) is 43.7 Å². The summed E-state index contributed by atoms with van der Waals surface area (Å²) in [6.07, 6.45) is -5.56. The van der Waals surface area contributed by atoms with E-state index < -0.39 is 84.6 Å². The van der Waals surface area contributed by atoms with Crippen molar-refractivity contribution < 1.29 is 85.6 Å². The summed E-state index contributed by atoms with van der Waals surface area (Å²) in [5.74, 6) is -1.16. The molecule has 0 radical (unpaired) electrons. The van der Waals surface area contributed by atoms with Crippen LogP contribution in [0.5, 0.6) is 0 Å². The van der Waals surface area contributed by atoms with Crippen LogP contribution >= 0.6 is 35.2 Å². The molecule has 3 heterocycles. The van der Waals surface area contributed by atoms with Gasteiger partial charge < -0.3 is 56.0 Å². The first-order chi connectivity index (χ1) is 25.6. The summed E-state index contributed by atoms with van der Waals surface area (Å²) in [6.45, 7) is 0.436. The van der Waals surface area contributed by atoms with Crippen molar-refractivity contribution in [2.75, 3.05) is 44.4 Å². The van der Waals surface area contributed by atoms with E-state index in [-0.39, 0.29) is 48.2 Å². The number of phosphoric acid groups is 3. The molecule has 11 N–H and O–H groups in total. The van der Waals surface area contributed by atoms with E-state index in [2.05, 4.69) is 34.4 Å². The molecule has 2 aromatic heterocycles. The highest BCUT2D eigenvalue weighted by molar-refractivity contribution is 8.13. The average molecular weight is 868 g/mol. The molecule has 1 fully saturated rings. The summed E-state index contributed by atoms with van der Waals surface area (Å²) in [4.78, 5) is 87.1. The zero-order valence-electron chi connectivity index (χ0n) is 29.3. The number of aromatic nitrogens is 4. The number of thioether (sulfide) groups is 1. The van der Waals surface area contributed by atoms with Crippen molar-refractivity contribution in [2.24, 2.45) is 5.41 Å². The molecule has 0 bridgehead atoms. The molecule has 1 aliphatic heterocycles. The second-order valence-electron chi connectivity index (χ2n) is 12.5. The van der Waals surface area contributed by atoms with Crippen LogP contribution in [0.3, 0.4) is 0 Å². The predicted octanol–water partition coefficient (Wildman–Crippen LogP) is -1.17. The first-order valence-electron chi connectivity index (χ1n) is 16.2. The zero-order valence-corrected chi connectivity index (χ0v) is 32.8. The number of nitrogens with two attached hydrogens (primary N) is 1. The number of aliphatic hydroxyl groups excluding tert-OH is 3. The molecule has 29 heteroatoms. The largest absolute Gasteiger partial charge is 0.481 e. The van der Waals surface area contributed by atoms with Crippen molar-refractivity contribution in [2.45, 2.75) is 70.2 Å². The summed E-state index contributed by atoms with van der Waals surface area (Å²) < 4.78 is 62.0. The highest BCUT2D eigenvalue weighted by atomic mass is 32.2. The Labute approximate surface area is 317 Å². The van der Waals surface area contributed by atoms with Gasteiger partial charge >= 0.3 is 23.5 Å². The van der Waals surface area contributed by atoms with Crippen LogP contribution in [0, 0.1) is 5.41 Å². The average Bonchev–Trinajstić information content (AvgIpc) is 3.64. The highest BCUT2D eigenvalue weighted by Gasteiger charge is 2.50. The smallest absolute Gasteiger partial charge is 0.396 e. The number of nitrogens with one attached hydrogen (secondary N) is 2. The van der Waals surface area contributed by atoms with Crippen LogP contribution < -0.4 is 16.4 Å². The van der Waals surface area contributed by atoms with E-state index in [0.717, 1.165) is 29.0 Å². The maximum Gasteiger partial charge on any atom is 0.481 e. The fraction of sp³-hybridized carbons (Fsp3) is 0.692. The van der Waals surface area contributed by atoms with Gasteiger partial charge in [-0.2, -0.15) is 4.31 Å². The summed E-state index contributed by atoms with van der Waals surface area (Å²) in [7, 11) is -16.4. The standard InChI is InChI=1S/C26H44N7O18P3S/c1-26(2,21(38)24(39)29-7-6-16(35)28-8-10-55-17(36)5-3-4-9-34)12-48-54(45,46)51-53(43,44)47-11-15-20(50-52(40,41)42)19(37)25(49-15)33-14-32-18-22(27)30-13-31-23(18)33/h13-15,19-21,25,34,37-38H,3-12H2,1-2H3,(H,28,35)(H,29,39)(H,43,44)(H,45,46)(H2,27,30,31)(H2,40,41,42)/t15-,19-,20-,21+,25-/m1/s1. The summed E-state index contributed by atoms with van der Waals surface area (Å²) in [5.41, 5.74) is 4.24. The number of rotatable bonds is 23. The zero-order chi connectivity index (χ0) is 41.2. The molecular weight excluding hydrogens is 823 g/mol. The maximum atomic E-state index is 12.7. The number of hydrogen-bond donors (Lipinski definition) is 10. The van der Waals surface area contributed by atoms with Gasteiger partial charge in [-0.25, -0.2) is 28.6 Å². The second kappa shape index (κ2) is 20.3. The van der Waals surface area contributed by atoms with Gasteiger partial charge in [-0.15, -0.1) is 0 Å². The molecule has 7 atom stereocenters. The van der Waals surface area contributed by atoms with E-state index >= 15 is 0 Å². The number of ether oxygens (including phenoxy) is 1. The van der Waals surface area contributed by atoms with Crippen LogP contribution in [0.2, 0.25) is 0 Å². The van der Waals surface area contributed by atoms with E-state index in [0.29, 0.717) is 25.0 Å². The van der Waals surface area contributed by atoms with Crippen molar-refractivity contribution in [3.05, 3.63) is 12.7 Å². The number of nitrogen functional groups attached to an aromatic ring is 1. The minimum Gasteiger partial charge on any atom is -0.396 e. The van der Waals surface area contributed by atoms with Gasteiger partial charge in [0.05, 0.1) is 19.5 Å². The van der Waals surface area contributed by atoms with Crippen molar-refractivity contribution in [1.29, 1.82) is 0 Å². The Hall–Kier alpha value is -2.48. The minimum absolute atomic E-state index is 0.000201. The molecule has 1 aliphatic rings. The summed E-state index contributed by atoms with van der Waals surface area (Å²) >= 11 is 1.04. The number of carbonyl (C=O) groups excluding carboxylic acids is 3. The van der Waals surface area contributed by atoms with Crippen molar-refractivity contribution in [3.63, 3.8) is 0 Å². The maximum absolute atomic E-state index is 12.7. The summed E-state index contributed by atoms with van der Waals surface area (Å²) in [6, 6.07) is 0. The lowest BCUT2D eigenvalue weighted by Crippen LogP contribution is -2.46. The molecule has 2 unspecified atom stereocenters. The van der Waals surface area contributed by atoms with Gasteiger partial charge in [0.2, 0.25) is 11.8 Å². The number of phosphoric ester groups is 3. The van der Waals surface area contributed by atoms with Crippen LogP contribution in [-0.4, -0.2) is 134 Å². The molecule has 0 spiro atoms. The molecule has 25 nitrogen and oxygen atoms in total. The Morgan fingerprint density at radius 1 is 1.04 bits per heavy atom. The highest BCUT2D eigenvalue weighted by Crippen LogP contribution is 2.61. The molecular formula is C26H44N7O18P3S. The first kappa shape index (κ1) is 46.9. The number of anilines is 1. The lowest BCUT2D eigenvalue weighted by molar-refractivity contribution is -0.137. The molecule has 1 saturated heterocycles. The van der Waals surface area contributed by atoms with Crippen LogP contribution in [0.25, 0.3) is 11.2 Å². The fourth-order valence-electron chi connectivity index (χ4n) is 4.75. The third kappa shape index (κ3) is 14.8. The van der Waals surface area contributed by atoms with Crippen molar-refractivity contribution in [1.82, 2.24) is 30.2 Å². The van der Waals surface area contributed by atoms with Gasteiger partial charge in [-0.05, 0) is 12.8 Å². The third-order valence-electron chi connectivity index (χ3n) is 7.55. The summed E-state index contributed by atoms with van der Waals surface area (Å²) in [5, 5.41) is 35.0. The molecule has 2 amide bonds. The number of aliphatic hydroxyl groups is 3. The SMILES string of the molecule is CC(C)(COP(=O)(O)OP(=O)(O)OC[C@H]1O[C@@H](n2cnc3c(N)ncnc32)[C@H](O)[C@@H]1OP(=O)(O)O)[C@@H](O)C(=O)NCCC(=O)NCCSC(=O)CCCCO. The number of carbonyl (C=O) groups is 3. The third-order valence-corrected chi connectivity index (χ3v) is 11.6. The van der Waals surface area contributed by atoms with E-state index in [9.17, 15) is 57.9 Å². The number of nitrogens with zero attached hydrogens (tertiary/aromatic N) is 4. The molecule has 0 aliphatic carbocycles. The van der Waals surface area contributed by atoms with Crippen LogP contribution in [-0.2, 0) is 50.7 Å². The lowest BCUT2D eigenvalue weighted by Gasteiger charge is -2.30. The number of amides is 2. The van der Waals surface area contributed by atoms with Crippen molar-refractivity contribution in [3.8, 4) is 0 Å². The van der Waals surface area contributed by atoms with Gasteiger partial charge in [0.15, 0.2) is 22.8 Å². The van der Waals surface area contributed by atoms with Gasteiger partial charge in [-0.3, -0.25) is 32.5 Å². The van der Waals surface area contributed by atoms with E-state index in [1.807, 2.05) is 0 Å². The Bertz CT molecular complexity index is 1780. The molecule has 312 valence electrons. The molecule has 3 rings (SSSR count). The van der Waals surface area contributed by atoms with Gasteiger partial charge in [0.25, 0.3) is 0 Å². The van der Waals surface area contributed by atoms with Crippen molar-refractivity contribution >= 4 is 69.1 Å². The van der Waals surface area contributed by atoms with E-state index in [1.54, 1.807) is 0 Å². The number of fused-ring (bicyclic) bond motifs is 1. The number of hydrogen-bond acceptors (Lipinski definition) is 19. The topological polar surface area (TPSA) is 384 Å². The van der Waals surface area contributed by atoms with Crippen LogP contribution in [0.4, 0.5) is 5.82 Å². The first-order valence-corrected chi connectivity index (χ1v) is 21.7. The lowest BCUT2D eigenvalue weighted by atomic mass is 9.87. The Kier molecular flexibility index (Phi) is 17.3. The van der Waals surface area contributed by atoms with E-state index in [4.69, 9.17) is 24.6 Å². The van der Waals surface area contributed by atoms with Crippen LogP contribution in [0.15, 0.2) is 12.7 Å². The molecule has 55 heavy (non-hydrogen) atoms. The Morgan fingerprint density at radius 3 is 2.40 bits per heavy atom. The monoisotopic (exact) mass is 867 g/mol. The minimum atomic E-state index is -5.57.